The molecule has 16 rings (SSSR count). The van der Waals surface area contributed by atoms with Crippen LogP contribution in [0.2, 0.25) is 0 Å². The van der Waals surface area contributed by atoms with E-state index in [9.17, 15) is 8.22 Å². The molecule has 0 unspecified atom stereocenters. The Hall–Kier alpha value is -10.7. The summed E-state index contributed by atoms with van der Waals surface area (Å²) in [4.78, 5) is 5.10. The fourth-order valence-electron chi connectivity index (χ4n) is 16.5. The predicted octanol–water partition coefficient (Wildman–Crippen LogP) is 28.0. The first-order chi connectivity index (χ1) is 55.3. The number of benzene rings is 13. The molecule has 550 valence electrons. The molecule has 2 aliphatic heterocycles. The van der Waals surface area contributed by atoms with Gasteiger partial charge < -0.3 is 14.4 Å². The number of nitrogens with zero attached hydrogens (tertiary/aromatic N) is 3. The molecule has 14 aromatic rings. The summed E-state index contributed by atoms with van der Waals surface area (Å²) in [7, 11) is 0. The standard InChI is InChI=1S/C106H108BN3/c1-100(2,3)75-47-36-67(37-48-75)74-63-95-97-96(64-74)110(99-85(70-42-53-78(54-43-70)103(10,11)12)32-27-33-86(99)71-44-55-79(56-45-71)104(13,14)15)94-66-82(108-91-34-24-22-28-87(91)88-29-23-25-35-92(88)108)57-59-90(94)107(97)89-58-46-72(73-60-80(105(16,17)18)65-81(61-73)106(19,20)21)62-93(89)109(95)98-83(68-38-49-76(50-39-68)101(4,5)6)30-26-31-84(98)69-40-51-77(52-41-69)102(7,8)9/h22-66H,1-21H3/i22D,23D,24D,25D,28D,29D,34D,35D. The normalized spacial score (nSPS) is 14.5. The highest BCUT2D eigenvalue weighted by molar-refractivity contribution is 7.00. The first-order valence-electron chi connectivity index (χ1n) is 43.3. The van der Waals surface area contributed by atoms with E-state index in [2.05, 4.69) is 374 Å². The molecule has 3 nitrogen and oxygen atoms in total. The number of para-hydroxylation sites is 4. The quantitative estimate of drug-likeness (QED) is 0.133. The second-order valence-corrected chi connectivity index (χ2v) is 38.2. The Morgan fingerprint density at radius 2 is 0.545 bits per heavy atom. The van der Waals surface area contributed by atoms with Gasteiger partial charge in [-0.05, 0) is 180 Å². The third-order valence-corrected chi connectivity index (χ3v) is 23.2. The van der Waals surface area contributed by atoms with Crippen LogP contribution in [0.25, 0.3) is 94.3 Å². The number of hydrogen-bond acceptors (Lipinski definition) is 2. The van der Waals surface area contributed by atoms with Crippen molar-refractivity contribution in [2.75, 3.05) is 9.80 Å². The Labute approximate surface area is 668 Å². The average Bonchev–Trinajstić information content (AvgIpc) is 0.710. The number of rotatable bonds is 9. The van der Waals surface area contributed by atoms with Gasteiger partial charge in [-0.15, -0.1) is 0 Å². The minimum atomic E-state index is -0.512. The lowest BCUT2D eigenvalue weighted by Crippen LogP contribution is -2.61. The summed E-state index contributed by atoms with van der Waals surface area (Å²) in [6, 6.07) is 81.2. The van der Waals surface area contributed by atoms with E-state index in [-0.39, 0.29) is 71.8 Å². The van der Waals surface area contributed by atoms with Gasteiger partial charge in [0.05, 0.1) is 33.4 Å². The second-order valence-electron chi connectivity index (χ2n) is 38.2. The fraction of sp³-hybridized carbons (Fsp3) is 0.264. The fourth-order valence-corrected chi connectivity index (χ4v) is 16.5. The molecule has 13 aromatic carbocycles. The van der Waals surface area contributed by atoms with E-state index in [4.69, 9.17) is 2.74 Å². The zero-order valence-electron chi connectivity index (χ0n) is 76.3. The minimum absolute atomic E-state index is 0.0134. The lowest BCUT2D eigenvalue weighted by Gasteiger charge is -2.46. The van der Waals surface area contributed by atoms with Gasteiger partial charge in [0.2, 0.25) is 0 Å². The third kappa shape index (κ3) is 13.2. The molecule has 0 bridgehead atoms. The molecule has 0 aliphatic carbocycles. The molecular weight excluding hydrogens is 1330 g/mol. The zero-order valence-corrected chi connectivity index (χ0v) is 68.3. The van der Waals surface area contributed by atoms with Crippen molar-refractivity contribution in [1.29, 1.82) is 0 Å². The van der Waals surface area contributed by atoms with Crippen LogP contribution in [-0.2, 0) is 37.9 Å². The Balaban J connectivity index is 1.13. The van der Waals surface area contributed by atoms with Gasteiger partial charge in [0.1, 0.15) is 0 Å². The van der Waals surface area contributed by atoms with Crippen molar-refractivity contribution in [2.45, 2.75) is 183 Å². The summed E-state index contributed by atoms with van der Waals surface area (Å²) in [6.07, 6.45) is 0. The summed E-state index contributed by atoms with van der Waals surface area (Å²) in [5.41, 5.74) is 28.9. The second kappa shape index (κ2) is 26.5. The van der Waals surface area contributed by atoms with Crippen LogP contribution >= 0.6 is 0 Å². The lowest BCUT2D eigenvalue weighted by molar-refractivity contribution is 0.569. The highest BCUT2D eigenvalue weighted by atomic mass is 15.2. The van der Waals surface area contributed by atoms with Crippen molar-refractivity contribution in [1.82, 2.24) is 4.57 Å². The van der Waals surface area contributed by atoms with Gasteiger partial charge in [-0.1, -0.05) is 376 Å². The molecule has 0 spiro atoms. The first-order valence-corrected chi connectivity index (χ1v) is 39.3. The van der Waals surface area contributed by atoms with E-state index < -0.39 is 43.0 Å². The highest BCUT2D eigenvalue weighted by Gasteiger charge is 2.46. The van der Waals surface area contributed by atoms with Gasteiger partial charge in [0.25, 0.3) is 6.71 Å². The van der Waals surface area contributed by atoms with E-state index in [1.807, 2.05) is 6.07 Å². The summed E-state index contributed by atoms with van der Waals surface area (Å²) < 4.78 is 78.0. The Bertz CT molecular complexity index is 6140. The molecular formula is C106H108BN3. The van der Waals surface area contributed by atoms with Gasteiger partial charge in [0, 0.05) is 61.5 Å². The van der Waals surface area contributed by atoms with Crippen LogP contribution < -0.4 is 26.2 Å². The van der Waals surface area contributed by atoms with Gasteiger partial charge in [-0.2, -0.15) is 0 Å². The molecule has 3 heterocycles. The van der Waals surface area contributed by atoms with Crippen molar-refractivity contribution in [3.8, 4) is 72.4 Å². The summed E-state index contributed by atoms with van der Waals surface area (Å²) in [5.74, 6) is 0. The van der Waals surface area contributed by atoms with Crippen LogP contribution in [-0.4, -0.2) is 11.3 Å². The van der Waals surface area contributed by atoms with Gasteiger partial charge in [-0.3, -0.25) is 0 Å². The number of hydrogen-bond donors (Lipinski definition) is 0. The predicted molar refractivity (Wildman–Crippen MR) is 478 cm³/mol. The molecule has 0 N–H and O–H groups in total. The maximum absolute atomic E-state index is 9.95. The van der Waals surface area contributed by atoms with E-state index in [0.717, 1.165) is 117 Å². The van der Waals surface area contributed by atoms with Crippen LogP contribution in [0.3, 0.4) is 0 Å². The van der Waals surface area contributed by atoms with Crippen LogP contribution in [0.15, 0.2) is 273 Å². The van der Waals surface area contributed by atoms with Crippen molar-refractivity contribution < 1.29 is 11.0 Å². The van der Waals surface area contributed by atoms with Gasteiger partial charge in [-0.25, -0.2) is 0 Å². The van der Waals surface area contributed by atoms with Gasteiger partial charge >= 0.3 is 0 Å². The van der Waals surface area contributed by atoms with E-state index >= 15 is 0 Å². The number of anilines is 6. The monoisotopic (exact) mass is 1440 g/mol. The van der Waals surface area contributed by atoms with E-state index in [0.29, 0.717) is 5.69 Å². The Morgan fingerprint density at radius 3 is 0.891 bits per heavy atom. The molecule has 0 saturated heterocycles. The molecule has 0 fully saturated rings. The number of aromatic nitrogens is 1. The minimum Gasteiger partial charge on any atom is -0.310 e. The Morgan fingerprint density at radius 1 is 0.255 bits per heavy atom. The van der Waals surface area contributed by atoms with Crippen LogP contribution in [0.4, 0.5) is 34.1 Å². The SMILES string of the molecule is [2H]c1c([2H])c([2H])c2c(c1[2H])c1c([2H])c([2H])c([2H])c([2H])c1n2-c1ccc2c(c1)N(c1c(-c3ccc(C(C)(C)C)cc3)cccc1-c1ccc(C(C)(C)C)cc1)c1cc(-c3ccc(C(C)(C)C)cc3)cc3c1B2c1ccc(-c2cc(C(C)(C)C)cc(C(C)(C)C)c2)cc1N3c1c(-c2ccc(C(C)(C)C)cc2)cccc1-c1ccc(C(C)(C)C)cc1. The maximum atomic E-state index is 9.95. The smallest absolute Gasteiger partial charge is 0.252 e. The summed E-state index contributed by atoms with van der Waals surface area (Å²) in [6.45, 7) is 47.2. The summed E-state index contributed by atoms with van der Waals surface area (Å²) in [5, 5.41) is 0.0267. The largest absolute Gasteiger partial charge is 0.310 e. The molecule has 4 heteroatoms. The van der Waals surface area contributed by atoms with Crippen LogP contribution in [0.1, 0.15) is 195 Å². The molecule has 0 saturated carbocycles. The zero-order chi connectivity index (χ0) is 84.6. The third-order valence-electron chi connectivity index (χ3n) is 23.2. The molecule has 0 amide bonds. The van der Waals surface area contributed by atoms with Crippen molar-refractivity contribution in [2.24, 2.45) is 0 Å². The molecule has 1 aromatic heterocycles. The lowest BCUT2D eigenvalue weighted by atomic mass is 9.33. The van der Waals surface area contributed by atoms with Crippen molar-refractivity contribution in [3.05, 3.63) is 312 Å². The molecule has 110 heavy (non-hydrogen) atoms. The van der Waals surface area contributed by atoms with Crippen LogP contribution in [0.5, 0.6) is 0 Å². The van der Waals surface area contributed by atoms with E-state index in [1.54, 1.807) is 4.57 Å². The van der Waals surface area contributed by atoms with Crippen molar-refractivity contribution in [3.63, 3.8) is 0 Å². The van der Waals surface area contributed by atoms with E-state index in [1.165, 1.54) is 38.9 Å². The summed E-state index contributed by atoms with van der Waals surface area (Å²) >= 11 is 0. The Kier molecular flexibility index (Phi) is 15.5. The molecule has 0 atom stereocenters. The number of fused-ring (bicyclic) bond motifs is 7. The van der Waals surface area contributed by atoms with Gasteiger partial charge in [0.15, 0.2) is 0 Å². The highest BCUT2D eigenvalue weighted by Crippen LogP contribution is 2.55. The maximum Gasteiger partial charge on any atom is 0.252 e. The molecule has 0 radical (unpaired) electrons. The first kappa shape index (κ1) is 64.2. The van der Waals surface area contributed by atoms with Crippen molar-refractivity contribution >= 4 is 79.0 Å². The molecule has 2 aliphatic rings. The topological polar surface area (TPSA) is 11.4 Å². The average molecular weight is 1440 g/mol. The van der Waals surface area contributed by atoms with Crippen LogP contribution in [0, 0.1) is 0 Å².